The lowest BCUT2D eigenvalue weighted by molar-refractivity contribution is -0.384. The number of nitrogens with zero attached hydrogens (tertiary/aromatic N) is 7. The number of carbonyl (C=O) groups excluding carboxylic acids is 2. The number of hydrogen-bond acceptors (Lipinski definition) is 11. The average Bonchev–Trinajstić information content (AvgIpc) is 3.34. The molecule has 4 heterocycles. The number of amides is 1. The Bertz CT molecular complexity index is 1780. The van der Waals surface area contributed by atoms with Crippen molar-refractivity contribution >= 4 is 51.7 Å². The maximum Gasteiger partial charge on any atom is 0.338 e. The first-order chi connectivity index (χ1) is 19.7. The molecule has 1 amide bonds. The van der Waals surface area contributed by atoms with Gasteiger partial charge >= 0.3 is 5.97 Å². The lowest BCUT2D eigenvalue weighted by Gasteiger charge is -2.27. The van der Waals surface area contributed by atoms with Crippen molar-refractivity contribution in [3.8, 4) is 0 Å². The molecule has 0 saturated carbocycles. The minimum absolute atomic E-state index is 0.123. The Hall–Kier alpha value is -4.85. The smallest absolute Gasteiger partial charge is 0.338 e. The zero-order valence-corrected chi connectivity index (χ0v) is 22.8. The van der Waals surface area contributed by atoms with E-state index < -0.39 is 17.0 Å². The standard InChI is InChI=1S/C27H23N7O6S/c1-31-14-29-22-19(24(31)35)4-3-5-21(22)33-12-17-10-18(40-26(37)15-6-8-16(9-7-15)34(38)39)13-32(17)23-20(25(33)36)11-28-27(30-23)41-2/h3-9,11,14,17-18H,10,12-13H2,1-2H3/t17-,18-/m0/s1. The maximum atomic E-state index is 14.0. The molecular formula is C27H23N7O6S. The van der Waals surface area contributed by atoms with Gasteiger partial charge in [0.1, 0.15) is 23.0 Å². The van der Waals surface area contributed by atoms with Crippen molar-refractivity contribution in [3.63, 3.8) is 0 Å². The van der Waals surface area contributed by atoms with E-state index in [1.165, 1.54) is 53.1 Å². The molecule has 2 aromatic carbocycles. The molecule has 0 spiro atoms. The first-order valence-corrected chi connectivity index (χ1v) is 13.9. The highest BCUT2D eigenvalue weighted by atomic mass is 32.2. The summed E-state index contributed by atoms with van der Waals surface area (Å²) in [7, 11) is 1.62. The second-order valence-corrected chi connectivity index (χ2v) is 10.5. The number of aromatic nitrogens is 4. The van der Waals surface area contributed by atoms with E-state index in [1.807, 2.05) is 11.2 Å². The van der Waals surface area contributed by atoms with Gasteiger partial charge in [-0.05, 0) is 30.5 Å². The number of ether oxygens (including phenoxy) is 1. The molecule has 0 radical (unpaired) electrons. The molecule has 13 nitrogen and oxygen atoms in total. The number of fused-ring (bicyclic) bond motifs is 4. The van der Waals surface area contributed by atoms with E-state index >= 15 is 0 Å². The van der Waals surface area contributed by atoms with Crippen molar-refractivity contribution in [1.29, 1.82) is 0 Å². The topological polar surface area (TPSA) is 154 Å². The number of aryl methyl sites for hydroxylation is 1. The third-order valence-electron chi connectivity index (χ3n) is 7.25. The normalized spacial score (nSPS) is 18.1. The molecule has 0 bridgehead atoms. The monoisotopic (exact) mass is 573 g/mol. The molecule has 2 aliphatic heterocycles. The summed E-state index contributed by atoms with van der Waals surface area (Å²) in [5.41, 5.74) is 1.02. The van der Waals surface area contributed by atoms with Crippen LogP contribution in [-0.4, -0.2) is 67.8 Å². The highest BCUT2D eigenvalue weighted by Crippen LogP contribution is 2.36. The van der Waals surface area contributed by atoms with Crippen LogP contribution in [0, 0.1) is 10.1 Å². The summed E-state index contributed by atoms with van der Waals surface area (Å²) in [6.07, 6.45) is 4.63. The van der Waals surface area contributed by atoms with Crippen LogP contribution in [0.3, 0.4) is 0 Å². The quantitative estimate of drug-likeness (QED) is 0.114. The van der Waals surface area contributed by atoms with Crippen molar-refractivity contribution in [1.82, 2.24) is 19.5 Å². The lowest BCUT2D eigenvalue weighted by Crippen LogP contribution is -2.40. The molecule has 0 N–H and O–H groups in total. The fourth-order valence-electron chi connectivity index (χ4n) is 5.25. The van der Waals surface area contributed by atoms with Gasteiger partial charge in [-0.1, -0.05) is 17.8 Å². The van der Waals surface area contributed by atoms with Crippen LogP contribution in [0.15, 0.2) is 64.9 Å². The van der Waals surface area contributed by atoms with Gasteiger partial charge in [-0.3, -0.25) is 19.7 Å². The lowest BCUT2D eigenvalue weighted by atomic mass is 10.1. The Morgan fingerprint density at radius 2 is 1.90 bits per heavy atom. The van der Waals surface area contributed by atoms with Crippen LogP contribution in [-0.2, 0) is 11.8 Å². The van der Waals surface area contributed by atoms with Crippen LogP contribution >= 0.6 is 11.8 Å². The van der Waals surface area contributed by atoms with E-state index in [2.05, 4.69) is 15.0 Å². The molecule has 2 atom stereocenters. The zero-order chi connectivity index (χ0) is 28.8. The molecule has 14 heteroatoms. The Kier molecular flexibility index (Phi) is 6.61. The number of rotatable bonds is 5. The van der Waals surface area contributed by atoms with Crippen LogP contribution in [0.5, 0.6) is 0 Å². The molecule has 1 saturated heterocycles. The number of para-hydroxylation sites is 1. The van der Waals surface area contributed by atoms with Crippen molar-refractivity contribution in [3.05, 3.63) is 86.6 Å². The molecule has 1 fully saturated rings. The van der Waals surface area contributed by atoms with Gasteiger partial charge < -0.3 is 19.1 Å². The first-order valence-electron chi connectivity index (χ1n) is 12.6. The summed E-state index contributed by atoms with van der Waals surface area (Å²) < 4.78 is 7.19. The summed E-state index contributed by atoms with van der Waals surface area (Å²) in [4.78, 5) is 67.1. The van der Waals surface area contributed by atoms with Gasteiger partial charge in [0.25, 0.3) is 17.2 Å². The highest BCUT2D eigenvalue weighted by molar-refractivity contribution is 7.98. The number of thioether (sulfide) groups is 1. The number of benzene rings is 2. The van der Waals surface area contributed by atoms with E-state index in [0.29, 0.717) is 34.0 Å². The Morgan fingerprint density at radius 1 is 1.12 bits per heavy atom. The van der Waals surface area contributed by atoms with E-state index in [-0.39, 0.29) is 47.4 Å². The van der Waals surface area contributed by atoms with E-state index in [0.717, 1.165) is 0 Å². The fraction of sp³-hybridized carbons (Fsp3) is 0.259. The number of esters is 1. The minimum atomic E-state index is -0.600. The number of carbonyl (C=O) groups is 2. The van der Waals surface area contributed by atoms with Crippen LogP contribution in [0.1, 0.15) is 27.1 Å². The van der Waals surface area contributed by atoms with Crippen LogP contribution in [0.4, 0.5) is 17.2 Å². The third-order valence-corrected chi connectivity index (χ3v) is 7.81. The molecular weight excluding hydrogens is 550 g/mol. The number of anilines is 2. The van der Waals surface area contributed by atoms with Gasteiger partial charge in [-0.2, -0.15) is 0 Å². The third kappa shape index (κ3) is 4.65. The Balaban J connectivity index is 1.36. The van der Waals surface area contributed by atoms with Crippen molar-refractivity contribution in [2.24, 2.45) is 7.05 Å². The Labute approximate surface area is 236 Å². The molecule has 2 aromatic heterocycles. The second-order valence-electron chi connectivity index (χ2n) is 9.72. The number of non-ortho nitro benzene ring substituents is 1. The van der Waals surface area contributed by atoms with Crippen LogP contribution < -0.4 is 15.4 Å². The van der Waals surface area contributed by atoms with Gasteiger partial charge in [0.15, 0.2) is 5.16 Å². The minimum Gasteiger partial charge on any atom is -0.457 e. The molecule has 6 rings (SSSR count). The predicted molar refractivity (Wildman–Crippen MR) is 151 cm³/mol. The molecule has 4 aromatic rings. The van der Waals surface area contributed by atoms with Crippen molar-refractivity contribution in [2.45, 2.75) is 23.7 Å². The van der Waals surface area contributed by atoms with Gasteiger partial charge in [-0.25, -0.2) is 19.7 Å². The summed E-state index contributed by atoms with van der Waals surface area (Å²) in [6.45, 7) is 0.516. The molecule has 0 unspecified atom stereocenters. The zero-order valence-electron chi connectivity index (χ0n) is 22.0. The number of nitro groups is 1. The first kappa shape index (κ1) is 26.4. The molecule has 208 valence electrons. The highest BCUT2D eigenvalue weighted by Gasteiger charge is 2.43. The maximum absolute atomic E-state index is 14.0. The van der Waals surface area contributed by atoms with Gasteiger partial charge in [-0.15, -0.1) is 0 Å². The van der Waals surface area contributed by atoms with Gasteiger partial charge in [0.2, 0.25) is 0 Å². The van der Waals surface area contributed by atoms with Gasteiger partial charge in [0.05, 0.1) is 40.5 Å². The second kappa shape index (κ2) is 10.3. The van der Waals surface area contributed by atoms with Crippen molar-refractivity contribution in [2.75, 3.05) is 29.1 Å². The van der Waals surface area contributed by atoms with Gasteiger partial charge in [0, 0.05) is 38.3 Å². The molecule has 41 heavy (non-hydrogen) atoms. The van der Waals surface area contributed by atoms with Crippen molar-refractivity contribution < 1.29 is 19.2 Å². The average molecular weight is 574 g/mol. The summed E-state index contributed by atoms with van der Waals surface area (Å²) >= 11 is 1.34. The SMILES string of the molecule is CSc1ncc2c(n1)N1C[C@@H](OC(=O)c3ccc([N+](=O)[O-])cc3)C[C@H]1CN(c1cccc3c(=O)n(C)cnc13)C2=O. The summed E-state index contributed by atoms with van der Waals surface area (Å²) in [5, 5.41) is 11.8. The van der Waals surface area contributed by atoms with Crippen LogP contribution in [0.25, 0.3) is 10.9 Å². The molecule has 0 aliphatic carbocycles. The Morgan fingerprint density at radius 3 is 2.63 bits per heavy atom. The summed E-state index contributed by atoms with van der Waals surface area (Å²) in [5.74, 6) is -0.478. The fourth-order valence-corrected chi connectivity index (χ4v) is 5.58. The summed E-state index contributed by atoms with van der Waals surface area (Å²) in [6, 6.07) is 10.1. The van der Waals surface area contributed by atoms with E-state index in [1.54, 1.807) is 30.1 Å². The molecule has 2 aliphatic rings. The number of nitro benzene ring substituents is 1. The largest absolute Gasteiger partial charge is 0.457 e. The number of hydrogen-bond donors (Lipinski definition) is 0. The predicted octanol–water partition coefficient (Wildman–Crippen LogP) is 2.82. The van der Waals surface area contributed by atoms with E-state index in [9.17, 15) is 24.5 Å². The van der Waals surface area contributed by atoms with Crippen LogP contribution in [0.2, 0.25) is 0 Å². The van der Waals surface area contributed by atoms with E-state index in [4.69, 9.17) is 4.74 Å².